The Balaban J connectivity index is 1.44. The second-order valence-corrected chi connectivity index (χ2v) is 7.71. The van der Waals surface area contributed by atoms with Crippen molar-refractivity contribution in [3.63, 3.8) is 0 Å². The number of ether oxygens (including phenoxy) is 3. The van der Waals surface area contributed by atoms with E-state index >= 15 is 0 Å². The first kappa shape index (κ1) is 22.2. The topological polar surface area (TPSA) is 75.6 Å². The quantitative estimate of drug-likeness (QED) is 0.559. The third-order valence-electron chi connectivity index (χ3n) is 5.62. The number of hydrogen-bond donors (Lipinski definition) is 1. The molecule has 1 unspecified atom stereocenters. The summed E-state index contributed by atoms with van der Waals surface area (Å²) in [7, 11) is 3.43. The van der Waals surface area contributed by atoms with Crippen LogP contribution in [0, 0.1) is 5.92 Å². The molecule has 8 nitrogen and oxygen atoms in total. The third kappa shape index (κ3) is 5.78. The molecule has 1 amide bonds. The van der Waals surface area contributed by atoms with E-state index in [2.05, 4.69) is 15.2 Å². The van der Waals surface area contributed by atoms with Crippen molar-refractivity contribution >= 4 is 11.9 Å². The number of carbonyl (C=O) groups is 1. The molecule has 2 fully saturated rings. The van der Waals surface area contributed by atoms with E-state index in [0.717, 1.165) is 43.4 Å². The highest BCUT2D eigenvalue weighted by Crippen LogP contribution is 2.26. The molecule has 1 aromatic rings. The molecule has 1 atom stereocenters. The predicted molar refractivity (Wildman–Crippen MR) is 116 cm³/mol. The number of carbonyl (C=O) groups excluding carboxylic acids is 1. The van der Waals surface area contributed by atoms with Gasteiger partial charge in [-0.25, -0.2) is 0 Å². The van der Waals surface area contributed by atoms with Crippen LogP contribution in [0.5, 0.6) is 11.5 Å². The first-order valence-corrected chi connectivity index (χ1v) is 10.7. The van der Waals surface area contributed by atoms with Crippen LogP contribution in [0.2, 0.25) is 0 Å². The molecule has 0 bridgehead atoms. The van der Waals surface area contributed by atoms with Crippen molar-refractivity contribution in [1.29, 1.82) is 0 Å². The van der Waals surface area contributed by atoms with Crippen LogP contribution < -0.4 is 14.8 Å². The van der Waals surface area contributed by atoms with Gasteiger partial charge in [-0.15, -0.1) is 0 Å². The van der Waals surface area contributed by atoms with Gasteiger partial charge in [0.15, 0.2) is 17.5 Å². The molecule has 2 saturated heterocycles. The van der Waals surface area contributed by atoms with Crippen molar-refractivity contribution in [2.75, 3.05) is 60.1 Å². The maximum Gasteiger partial charge on any atom is 0.225 e. The molecule has 0 radical (unpaired) electrons. The molecule has 0 aromatic heterocycles. The van der Waals surface area contributed by atoms with Gasteiger partial charge in [0.25, 0.3) is 0 Å². The fraction of sp³-hybridized carbons (Fsp3) is 0.636. The van der Waals surface area contributed by atoms with Crippen molar-refractivity contribution in [2.45, 2.75) is 25.9 Å². The van der Waals surface area contributed by atoms with E-state index in [0.29, 0.717) is 32.8 Å². The molecule has 1 aromatic carbocycles. The molecule has 8 heteroatoms. The number of hydrogen-bond acceptors (Lipinski definition) is 5. The van der Waals surface area contributed by atoms with E-state index in [1.54, 1.807) is 14.2 Å². The number of likely N-dealkylation sites (tertiary alicyclic amines) is 1. The summed E-state index contributed by atoms with van der Waals surface area (Å²) in [5.41, 5.74) is 0. The average molecular weight is 419 g/mol. The molecule has 30 heavy (non-hydrogen) atoms. The lowest BCUT2D eigenvalue weighted by molar-refractivity contribution is -0.140. The standard InChI is InChI=1S/C22H34N4O4/c1-17(30-20-7-5-4-6-19(20)28-3)16-24-22(23-2)26-10-8-18(9-11-26)21(27)25-12-14-29-15-13-25/h4-7,17-18H,8-16H2,1-3H3,(H,23,24). The number of nitrogens with zero attached hydrogens (tertiary/aromatic N) is 3. The Kier molecular flexibility index (Phi) is 8.19. The summed E-state index contributed by atoms with van der Waals surface area (Å²) in [5.74, 6) is 2.68. The van der Waals surface area contributed by atoms with Crippen LogP contribution in [0.1, 0.15) is 19.8 Å². The number of methoxy groups -OCH3 is 1. The summed E-state index contributed by atoms with van der Waals surface area (Å²) in [6.45, 7) is 7.01. The lowest BCUT2D eigenvalue weighted by atomic mass is 9.95. The number of rotatable bonds is 6. The maximum atomic E-state index is 12.7. The SMILES string of the molecule is CN=C(NCC(C)Oc1ccccc1OC)N1CCC(C(=O)N2CCOCC2)CC1. The fourth-order valence-corrected chi connectivity index (χ4v) is 3.92. The van der Waals surface area contributed by atoms with Gasteiger partial charge in [0.05, 0.1) is 26.9 Å². The van der Waals surface area contributed by atoms with Crippen molar-refractivity contribution < 1.29 is 19.0 Å². The first-order valence-electron chi connectivity index (χ1n) is 10.7. The molecular formula is C22H34N4O4. The lowest BCUT2D eigenvalue weighted by Crippen LogP contribution is -2.50. The average Bonchev–Trinajstić information content (AvgIpc) is 2.80. The van der Waals surface area contributed by atoms with Crippen LogP contribution in [-0.2, 0) is 9.53 Å². The van der Waals surface area contributed by atoms with Gasteiger partial charge < -0.3 is 29.3 Å². The minimum Gasteiger partial charge on any atom is -0.493 e. The van der Waals surface area contributed by atoms with Crippen molar-refractivity contribution in [1.82, 2.24) is 15.1 Å². The number of piperidine rings is 1. The zero-order valence-corrected chi connectivity index (χ0v) is 18.3. The number of para-hydroxylation sites is 2. The Labute approximate surface area is 179 Å². The minimum absolute atomic E-state index is 0.0570. The highest BCUT2D eigenvalue weighted by atomic mass is 16.5. The van der Waals surface area contributed by atoms with Gasteiger partial charge in [-0.1, -0.05) is 12.1 Å². The van der Waals surface area contributed by atoms with Crippen molar-refractivity contribution in [2.24, 2.45) is 10.9 Å². The van der Waals surface area contributed by atoms with Gasteiger partial charge in [-0.3, -0.25) is 9.79 Å². The minimum atomic E-state index is -0.0570. The molecule has 166 valence electrons. The molecule has 0 spiro atoms. The number of aliphatic imine (C=N–C) groups is 1. The van der Waals surface area contributed by atoms with E-state index in [-0.39, 0.29) is 17.9 Å². The van der Waals surface area contributed by atoms with E-state index in [1.807, 2.05) is 36.1 Å². The van der Waals surface area contributed by atoms with Gasteiger partial charge >= 0.3 is 0 Å². The Hall–Kier alpha value is -2.48. The molecule has 0 aliphatic carbocycles. The summed E-state index contributed by atoms with van der Waals surface area (Å²) in [6, 6.07) is 7.64. The smallest absolute Gasteiger partial charge is 0.225 e. The molecule has 0 saturated carbocycles. The number of benzene rings is 1. The van der Waals surface area contributed by atoms with E-state index in [4.69, 9.17) is 14.2 Å². The van der Waals surface area contributed by atoms with E-state index in [1.165, 1.54) is 0 Å². The molecular weight excluding hydrogens is 384 g/mol. The number of nitrogens with one attached hydrogen (secondary N) is 1. The Morgan fingerprint density at radius 2 is 1.83 bits per heavy atom. The molecule has 1 N–H and O–H groups in total. The first-order chi connectivity index (χ1) is 14.6. The Bertz CT molecular complexity index is 713. The Morgan fingerprint density at radius 1 is 1.17 bits per heavy atom. The van der Waals surface area contributed by atoms with Crippen LogP contribution >= 0.6 is 0 Å². The zero-order chi connectivity index (χ0) is 21.3. The summed E-state index contributed by atoms with van der Waals surface area (Å²) in [6.07, 6.45) is 1.65. The molecule has 3 rings (SSSR count). The normalized spacial score (nSPS) is 19.4. The van der Waals surface area contributed by atoms with Gasteiger partial charge in [-0.05, 0) is 31.9 Å². The third-order valence-corrected chi connectivity index (χ3v) is 5.62. The van der Waals surface area contributed by atoms with Crippen LogP contribution in [0.15, 0.2) is 29.3 Å². The van der Waals surface area contributed by atoms with E-state index in [9.17, 15) is 4.79 Å². The van der Waals surface area contributed by atoms with Crippen molar-refractivity contribution in [3.05, 3.63) is 24.3 Å². The van der Waals surface area contributed by atoms with Crippen LogP contribution in [-0.4, -0.2) is 87.9 Å². The van der Waals surface area contributed by atoms with Gasteiger partial charge in [0.2, 0.25) is 5.91 Å². The zero-order valence-electron chi connectivity index (χ0n) is 18.3. The summed E-state index contributed by atoms with van der Waals surface area (Å²) in [5, 5.41) is 3.40. The predicted octanol–water partition coefficient (Wildman–Crippen LogP) is 1.61. The molecule has 2 heterocycles. The Morgan fingerprint density at radius 3 is 2.47 bits per heavy atom. The second-order valence-electron chi connectivity index (χ2n) is 7.71. The monoisotopic (exact) mass is 418 g/mol. The lowest BCUT2D eigenvalue weighted by Gasteiger charge is -2.37. The number of amides is 1. The van der Waals surface area contributed by atoms with Crippen LogP contribution in [0.3, 0.4) is 0 Å². The summed E-state index contributed by atoms with van der Waals surface area (Å²) < 4.78 is 16.7. The highest BCUT2D eigenvalue weighted by Gasteiger charge is 2.30. The maximum absolute atomic E-state index is 12.7. The van der Waals surface area contributed by atoms with Gasteiger partial charge in [0, 0.05) is 39.1 Å². The van der Waals surface area contributed by atoms with Crippen LogP contribution in [0.4, 0.5) is 0 Å². The van der Waals surface area contributed by atoms with E-state index < -0.39 is 0 Å². The highest BCUT2D eigenvalue weighted by molar-refractivity contribution is 5.81. The largest absolute Gasteiger partial charge is 0.493 e. The second kappa shape index (κ2) is 11.1. The summed E-state index contributed by atoms with van der Waals surface area (Å²) >= 11 is 0. The van der Waals surface area contributed by atoms with Gasteiger partial charge in [0.1, 0.15) is 6.10 Å². The number of morpholine rings is 1. The van der Waals surface area contributed by atoms with Crippen molar-refractivity contribution in [3.8, 4) is 11.5 Å². The summed E-state index contributed by atoms with van der Waals surface area (Å²) in [4.78, 5) is 21.3. The van der Waals surface area contributed by atoms with Crippen LogP contribution in [0.25, 0.3) is 0 Å². The molecule has 2 aliphatic rings. The molecule has 2 aliphatic heterocycles. The number of guanidine groups is 1. The van der Waals surface area contributed by atoms with Gasteiger partial charge in [-0.2, -0.15) is 0 Å². The fourth-order valence-electron chi connectivity index (χ4n) is 3.92.